The van der Waals surface area contributed by atoms with Gasteiger partial charge < -0.3 is 14.7 Å². The zero-order chi connectivity index (χ0) is 18.0. The molecule has 3 rings (SSSR count). The van der Waals surface area contributed by atoms with Gasteiger partial charge >= 0.3 is 5.97 Å². The Morgan fingerprint density at radius 2 is 2.20 bits per heavy atom. The minimum Gasteiger partial charge on any atom is -0.481 e. The summed E-state index contributed by atoms with van der Waals surface area (Å²) in [4.78, 5) is 26.2. The monoisotopic (exact) mass is 349 g/mol. The average Bonchev–Trinajstić information content (AvgIpc) is 3.01. The summed E-state index contributed by atoms with van der Waals surface area (Å²) in [7, 11) is 0. The molecule has 0 aliphatic carbocycles. The molecule has 1 aromatic rings. The van der Waals surface area contributed by atoms with Crippen LogP contribution in [0.2, 0.25) is 0 Å². The lowest BCUT2D eigenvalue weighted by molar-refractivity contribution is -0.157. The molecule has 136 valence electrons. The van der Waals surface area contributed by atoms with E-state index in [4.69, 9.17) is 4.74 Å². The van der Waals surface area contributed by atoms with Crippen LogP contribution in [0, 0.1) is 23.1 Å². The molecule has 1 amide bonds. The van der Waals surface area contributed by atoms with Gasteiger partial charge in [0, 0.05) is 31.5 Å². The Bertz CT molecular complexity index is 665. The Labute approximate surface area is 146 Å². The highest BCUT2D eigenvalue weighted by Gasteiger charge is 2.55. The van der Waals surface area contributed by atoms with Gasteiger partial charge in [0.15, 0.2) is 0 Å². The first-order valence-corrected chi connectivity index (χ1v) is 8.77. The van der Waals surface area contributed by atoms with E-state index in [9.17, 15) is 19.1 Å². The lowest BCUT2D eigenvalue weighted by Crippen LogP contribution is -2.45. The van der Waals surface area contributed by atoms with Crippen LogP contribution in [0.15, 0.2) is 24.3 Å². The largest absolute Gasteiger partial charge is 0.481 e. The quantitative estimate of drug-likeness (QED) is 0.886. The third-order valence-electron chi connectivity index (χ3n) is 5.67. The second-order valence-corrected chi connectivity index (χ2v) is 7.23. The number of hydrogen-bond acceptors (Lipinski definition) is 3. The van der Waals surface area contributed by atoms with Crippen LogP contribution in [0.25, 0.3) is 0 Å². The summed E-state index contributed by atoms with van der Waals surface area (Å²) < 4.78 is 19.1. The van der Waals surface area contributed by atoms with Gasteiger partial charge in [0.1, 0.15) is 5.82 Å². The second kappa shape index (κ2) is 7.12. The molecule has 3 atom stereocenters. The highest BCUT2D eigenvalue weighted by molar-refractivity contribution is 5.82. The molecule has 0 saturated carbocycles. The van der Waals surface area contributed by atoms with Crippen molar-refractivity contribution in [3.8, 4) is 0 Å². The minimum atomic E-state index is -0.876. The predicted octanol–water partition coefficient (Wildman–Crippen LogP) is 2.34. The molecule has 1 aromatic carbocycles. The van der Waals surface area contributed by atoms with Gasteiger partial charge in [0.25, 0.3) is 0 Å². The number of carbonyl (C=O) groups excluding carboxylic acids is 1. The summed E-state index contributed by atoms with van der Waals surface area (Å²) in [5, 5.41) is 9.68. The fourth-order valence-electron chi connectivity index (χ4n) is 3.98. The average molecular weight is 349 g/mol. The van der Waals surface area contributed by atoms with Gasteiger partial charge in [-0.25, -0.2) is 4.39 Å². The van der Waals surface area contributed by atoms with Gasteiger partial charge in [-0.2, -0.15) is 0 Å². The van der Waals surface area contributed by atoms with E-state index in [1.807, 2.05) is 6.92 Å². The number of halogens is 1. The lowest BCUT2D eigenvalue weighted by Gasteiger charge is -2.33. The predicted molar refractivity (Wildman–Crippen MR) is 89.5 cm³/mol. The van der Waals surface area contributed by atoms with Crippen LogP contribution in [0.4, 0.5) is 4.39 Å². The van der Waals surface area contributed by atoms with Crippen LogP contribution in [0.1, 0.15) is 25.3 Å². The normalized spacial score (nSPS) is 27.0. The van der Waals surface area contributed by atoms with E-state index >= 15 is 0 Å². The number of likely N-dealkylation sites (tertiary alicyclic amines) is 1. The van der Waals surface area contributed by atoms with Gasteiger partial charge in [-0.05, 0) is 30.9 Å². The molecule has 1 N–H and O–H groups in total. The van der Waals surface area contributed by atoms with E-state index in [0.717, 1.165) is 0 Å². The summed E-state index contributed by atoms with van der Waals surface area (Å²) in [6.45, 7) is 3.32. The maximum Gasteiger partial charge on any atom is 0.311 e. The molecule has 0 radical (unpaired) electrons. The molecule has 6 heteroatoms. The summed E-state index contributed by atoms with van der Waals surface area (Å²) in [5.41, 5.74) is -0.272. The van der Waals surface area contributed by atoms with Crippen LogP contribution in [0.5, 0.6) is 0 Å². The number of carboxylic acid groups (broad SMARTS) is 1. The standard InChI is InChI=1S/C19H24FNO4/c1-13(6-7-14-4-2-3-5-16(14)20)17(22)21-10-15-11-25-9-8-19(15,12-21)18(23)24/h2-5,13,15H,6-12H2,1H3,(H,23,24)/t13?,15-,19+/m0/s1. The molecular weight excluding hydrogens is 325 g/mol. The molecule has 0 spiro atoms. The van der Waals surface area contributed by atoms with Crippen LogP contribution in [0.3, 0.4) is 0 Å². The van der Waals surface area contributed by atoms with E-state index in [1.165, 1.54) is 6.07 Å². The molecule has 2 heterocycles. The number of hydrogen-bond donors (Lipinski definition) is 1. The van der Waals surface area contributed by atoms with Crippen molar-refractivity contribution in [2.24, 2.45) is 17.3 Å². The number of ether oxygens (including phenoxy) is 1. The van der Waals surface area contributed by atoms with Crippen molar-refractivity contribution in [3.63, 3.8) is 0 Å². The Hall–Kier alpha value is -1.95. The molecule has 0 aromatic heterocycles. The Balaban J connectivity index is 1.63. The topological polar surface area (TPSA) is 66.8 Å². The molecule has 1 unspecified atom stereocenters. The first kappa shape index (κ1) is 17.9. The van der Waals surface area contributed by atoms with Crippen molar-refractivity contribution in [3.05, 3.63) is 35.6 Å². The van der Waals surface area contributed by atoms with Crippen LogP contribution in [-0.2, 0) is 20.7 Å². The van der Waals surface area contributed by atoms with E-state index in [1.54, 1.807) is 23.1 Å². The number of nitrogens with zero attached hydrogens (tertiary/aromatic N) is 1. The molecule has 25 heavy (non-hydrogen) atoms. The Morgan fingerprint density at radius 3 is 2.88 bits per heavy atom. The fourth-order valence-corrected chi connectivity index (χ4v) is 3.98. The summed E-state index contributed by atoms with van der Waals surface area (Å²) in [5.74, 6) is -1.56. The second-order valence-electron chi connectivity index (χ2n) is 7.23. The van der Waals surface area contributed by atoms with E-state index in [2.05, 4.69) is 0 Å². The number of aliphatic carboxylic acids is 1. The minimum absolute atomic E-state index is 0.0497. The van der Waals surface area contributed by atoms with Gasteiger partial charge in [0.2, 0.25) is 5.91 Å². The van der Waals surface area contributed by atoms with Crippen molar-refractivity contribution in [2.75, 3.05) is 26.3 Å². The van der Waals surface area contributed by atoms with Crippen molar-refractivity contribution in [2.45, 2.75) is 26.2 Å². The number of carboxylic acids is 1. The van der Waals surface area contributed by atoms with Gasteiger partial charge in [0.05, 0.1) is 12.0 Å². The number of aryl methyl sites for hydroxylation is 1. The van der Waals surface area contributed by atoms with Crippen molar-refractivity contribution < 1.29 is 23.8 Å². The fraction of sp³-hybridized carbons (Fsp3) is 0.579. The van der Waals surface area contributed by atoms with Gasteiger partial charge in [-0.15, -0.1) is 0 Å². The third kappa shape index (κ3) is 3.40. The maximum atomic E-state index is 13.7. The Kier molecular flexibility index (Phi) is 5.08. The summed E-state index contributed by atoms with van der Waals surface area (Å²) in [6, 6.07) is 6.58. The lowest BCUT2D eigenvalue weighted by atomic mass is 9.74. The van der Waals surface area contributed by atoms with E-state index in [0.29, 0.717) is 44.6 Å². The maximum absolute atomic E-state index is 13.7. The molecule has 2 aliphatic heterocycles. The number of rotatable bonds is 5. The highest BCUT2D eigenvalue weighted by atomic mass is 19.1. The number of fused-ring (bicyclic) bond motifs is 1. The van der Waals surface area contributed by atoms with Crippen LogP contribution < -0.4 is 0 Å². The molecule has 5 nitrogen and oxygen atoms in total. The summed E-state index contributed by atoms with van der Waals surface area (Å²) >= 11 is 0. The zero-order valence-electron chi connectivity index (χ0n) is 14.4. The first-order valence-electron chi connectivity index (χ1n) is 8.77. The van der Waals surface area contributed by atoms with Crippen molar-refractivity contribution in [1.29, 1.82) is 0 Å². The van der Waals surface area contributed by atoms with E-state index in [-0.39, 0.29) is 30.1 Å². The number of benzene rings is 1. The van der Waals surface area contributed by atoms with Crippen LogP contribution >= 0.6 is 0 Å². The highest BCUT2D eigenvalue weighted by Crippen LogP contribution is 2.42. The molecule has 2 fully saturated rings. The Morgan fingerprint density at radius 1 is 1.44 bits per heavy atom. The van der Waals surface area contributed by atoms with Crippen LogP contribution in [-0.4, -0.2) is 48.2 Å². The van der Waals surface area contributed by atoms with Crippen molar-refractivity contribution in [1.82, 2.24) is 4.90 Å². The molecule has 0 bridgehead atoms. The smallest absolute Gasteiger partial charge is 0.311 e. The third-order valence-corrected chi connectivity index (χ3v) is 5.67. The van der Waals surface area contributed by atoms with Gasteiger partial charge in [-0.3, -0.25) is 9.59 Å². The molecule has 2 saturated heterocycles. The summed E-state index contributed by atoms with van der Waals surface area (Å²) in [6.07, 6.45) is 1.47. The molecule has 2 aliphatic rings. The number of amides is 1. The first-order chi connectivity index (χ1) is 11.9. The molecular formula is C19H24FNO4. The van der Waals surface area contributed by atoms with Crippen molar-refractivity contribution >= 4 is 11.9 Å². The zero-order valence-corrected chi connectivity index (χ0v) is 14.4. The van der Waals surface area contributed by atoms with E-state index < -0.39 is 11.4 Å². The SMILES string of the molecule is CC(CCc1ccccc1F)C(=O)N1C[C@H]2COCC[C@@]2(C(=O)O)C1. The number of carbonyl (C=O) groups is 2. The van der Waals surface area contributed by atoms with Gasteiger partial charge in [-0.1, -0.05) is 25.1 Å².